The SMILES string of the molecule is CC(CCB1OC(C)(C)C(C)(C)O1)C1=CC[C@H]2[C@@H]3C(=O)C[C@@H]4CC(=O)CC[C@]4(C)[C@H]3CC(=O)[C@@]12C. The molecule has 0 bridgehead atoms. The molecule has 1 saturated heterocycles. The van der Waals surface area contributed by atoms with Crippen molar-refractivity contribution in [2.24, 2.45) is 40.4 Å². The first kappa shape index (κ1) is 25.4. The molecule has 7 atom stereocenters. The van der Waals surface area contributed by atoms with Crippen molar-refractivity contribution in [3.63, 3.8) is 0 Å². The number of ketones is 3. The van der Waals surface area contributed by atoms with Crippen LogP contribution in [0.3, 0.4) is 0 Å². The van der Waals surface area contributed by atoms with Gasteiger partial charge >= 0.3 is 7.12 Å². The van der Waals surface area contributed by atoms with Crippen molar-refractivity contribution in [2.75, 3.05) is 0 Å². The Hall–Kier alpha value is -1.27. The fourth-order valence-electron chi connectivity index (χ4n) is 8.43. The average molecular weight is 482 g/mol. The summed E-state index contributed by atoms with van der Waals surface area (Å²) in [5, 5.41) is 0. The van der Waals surface area contributed by atoms with Gasteiger partial charge in [0.1, 0.15) is 17.3 Å². The highest BCUT2D eigenvalue weighted by Crippen LogP contribution is 2.65. The number of fused-ring (bicyclic) bond motifs is 5. The Labute approximate surface area is 211 Å². The van der Waals surface area contributed by atoms with Crippen LogP contribution in [0.15, 0.2) is 11.6 Å². The van der Waals surface area contributed by atoms with Gasteiger partial charge in [-0.1, -0.05) is 25.5 Å². The summed E-state index contributed by atoms with van der Waals surface area (Å²) in [6.07, 6.45) is 7.70. The number of allylic oxidation sites excluding steroid dienone is 2. The molecule has 4 aliphatic carbocycles. The Morgan fingerprint density at radius 2 is 1.63 bits per heavy atom. The molecule has 0 amide bonds. The molecule has 0 aromatic carbocycles. The van der Waals surface area contributed by atoms with Crippen LogP contribution in [-0.2, 0) is 23.7 Å². The lowest BCUT2D eigenvalue weighted by Crippen LogP contribution is -2.59. The number of Topliss-reactive ketones (excluding diaryl/α,β-unsaturated/α-hetero) is 3. The van der Waals surface area contributed by atoms with Gasteiger partial charge in [-0.05, 0) is 89.3 Å². The Bertz CT molecular complexity index is 966. The Balaban J connectivity index is 1.33. The van der Waals surface area contributed by atoms with Crippen LogP contribution >= 0.6 is 0 Å². The molecule has 5 rings (SSSR count). The van der Waals surface area contributed by atoms with Crippen molar-refractivity contribution in [1.82, 2.24) is 0 Å². The molecule has 35 heavy (non-hydrogen) atoms. The number of hydrogen-bond acceptors (Lipinski definition) is 5. The number of carbonyl (C=O) groups is 3. The zero-order valence-electron chi connectivity index (χ0n) is 22.7. The smallest absolute Gasteiger partial charge is 0.403 e. The van der Waals surface area contributed by atoms with Crippen LogP contribution in [0.5, 0.6) is 0 Å². The second-order valence-electron chi connectivity index (χ2n) is 13.7. The van der Waals surface area contributed by atoms with Gasteiger partial charge in [-0.15, -0.1) is 0 Å². The number of hydrogen-bond donors (Lipinski definition) is 0. The zero-order valence-corrected chi connectivity index (χ0v) is 22.7. The summed E-state index contributed by atoms with van der Waals surface area (Å²) in [5.41, 5.74) is -0.0776. The van der Waals surface area contributed by atoms with Crippen molar-refractivity contribution >= 4 is 24.5 Å². The minimum absolute atomic E-state index is 0.0591. The Morgan fingerprint density at radius 1 is 0.971 bits per heavy atom. The highest BCUT2D eigenvalue weighted by atomic mass is 16.7. The molecule has 0 radical (unpaired) electrons. The van der Waals surface area contributed by atoms with Gasteiger partial charge in [0, 0.05) is 31.6 Å². The summed E-state index contributed by atoms with van der Waals surface area (Å²) in [6.45, 7) is 14.9. The normalized spacial score (nSPS) is 42.9. The zero-order chi connectivity index (χ0) is 25.6. The van der Waals surface area contributed by atoms with E-state index < -0.39 is 5.41 Å². The summed E-state index contributed by atoms with van der Waals surface area (Å²) in [6, 6.07) is 0. The molecule has 5 nitrogen and oxygen atoms in total. The van der Waals surface area contributed by atoms with Crippen LogP contribution < -0.4 is 0 Å². The summed E-state index contributed by atoms with van der Waals surface area (Å²) in [7, 11) is -0.231. The van der Waals surface area contributed by atoms with Gasteiger partial charge in [-0.25, -0.2) is 0 Å². The third-order valence-electron chi connectivity index (χ3n) is 11.5. The molecule has 192 valence electrons. The summed E-state index contributed by atoms with van der Waals surface area (Å²) in [4.78, 5) is 39.6. The Kier molecular flexibility index (Phi) is 5.89. The van der Waals surface area contributed by atoms with E-state index >= 15 is 0 Å². The van der Waals surface area contributed by atoms with Crippen LogP contribution in [-0.4, -0.2) is 35.7 Å². The molecular weight excluding hydrogens is 439 g/mol. The van der Waals surface area contributed by atoms with E-state index in [1.54, 1.807) is 0 Å². The molecule has 4 fully saturated rings. The van der Waals surface area contributed by atoms with E-state index in [4.69, 9.17) is 9.31 Å². The van der Waals surface area contributed by atoms with Crippen molar-refractivity contribution in [3.8, 4) is 0 Å². The molecular formula is C29H43BO5. The fourth-order valence-corrected chi connectivity index (χ4v) is 8.43. The largest absolute Gasteiger partial charge is 0.457 e. The van der Waals surface area contributed by atoms with Crippen LogP contribution in [0, 0.1) is 40.4 Å². The summed E-state index contributed by atoms with van der Waals surface area (Å²) in [5.74, 6) is 1.33. The highest BCUT2D eigenvalue weighted by Gasteiger charge is 2.64. The van der Waals surface area contributed by atoms with Gasteiger partial charge in [0.15, 0.2) is 0 Å². The van der Waals surface area contributed by atoms with E-state index in [1.165, 1.54) is 5.57 Å². The second kappa shape index (κ2) is 8.12. The van der Waals surface area contributed by atoms with E-state index in [0.717, 1.165) is 25.6 Å². The predicted molar refractivity (Wildman–Crippen MR) is 136 cm³/mol. The number of carbonyl (C=O) groups excluding carboxylic acids is 3. The molecule has 1 heterocycles. The second-order valence-corrected chi connectivity index (χ2v) is 13.7. The molecule has 3 saturated carbocycles. The quantitative estimate of drug-likeness (QED) is 0.385. The van der Waals surface area contributed by atoms with Crippen LogP contribution in [0.25, 0.3) is 0 Å². The van der Waals surface area contributed by atoms with Crippen molar-refractivity contribution < 1.29 is 23.7 Å². The monoisotopic (exact) mass is 482 g/mol. The fraction of sp³-hybridized carbons (Fsp3) is 0.828. The van der Waals surface area contributed by atoms with Crippen LogP contribution in [0.4, 0.5) is 0 Å². The lowest BCUT2D eigenvalue weighted by molar-refractivity contribution is -0.162. The standard InChI is InChI=1S/C29H43BO5/c1-17(11-13-30-34-26(2,3)27(4,5)35-30)20-8-9-21-25-22(16-24(33)29(20,21)7)28(6)12-10-19(31)14-18(28)15-23(25)32/h8,17-18,21-22,25H,9-16H2,1-7H3/t17?,18-,21-,22-,25-,28-,29-/m0/s1. The maximum absolute atomic E-state index is 13.9. The van der Waals surface area contributed by atoms with E-state index in [9.17, 15) is 14.4 Å². The topological polar surface area (TPSA) is 69.7 Å². The van der Waals surface area contributed by atoms with E-state index in [2.05, 4.69) is 54.5 Å². The highest BCUT2D eigenvalue weighted by molar-refractivity contribution is 6.45. The summed E-state index contributed by atoms with van der Waals surface area (Å²) < 4.78 is 12.4. The first-order chi connectivity index (χ1) is 16.2. The first-order valence-corrected chi connectivity index (χ1v) is 13.8. The molecule has 0 N–H and O–H groups in total. The average Bonchev–Trinajstić information content (AvgIpc) is 3.21. The van der Waals surface area contributed by atoms with Gasteiger partial charge in [-0.3, -0.25) is 14.4 Å². The molecule has 1 unspecified atom stereocenters. The van der Waals surface area contributed by atoms with Gasteiger partial charge in [0.2, 0.25) is 0 Å². The van der Waals surface area contributed by atoms with Gasteiger partial charge in [0.25, 0.3) is 0 Å². The molecule has 0 spiro atoms. The molecule has 5 aliphatic rings. The lowest BCUT2D eigenvalue weighted by atomic mass is 9.44. The summed E-state index contributed by atoms with van der Waals surface area (Å²) >= 11 is 0. The molecule has 0 aromatic heterocycles. The number of rotatable bonds is 4. The van der Waals surface area contributed by atoms with E-state index in [0.29, 0.717) is 37.2 Å². The minimum Gasteiger partial charge on any atom is -0.403 e. The molecule has 6 heteroatoms. The Morgan fingerprint density at radius 3 is 2.29 bits per heavy atom. The van der Waals surface area contributed by atoms with Gasteiger partial charge in [0.05, 0.1) is 16.6 Å². The maximum atomic E-state index is 13.9. The van der Waals surface area contributed by atoms with Gasteiger partial charge < -0.3 is 9.31 Å². The molecule has 1 aliphatic heterocycles. The van der Waals surface area contributed by atoms with Crippen molar-refractivity contribution in [1.29, 1.82) is 0 Å². The van der Waals surface area contributed by atoms with Crippen molar-refractivity contribution in [2.45, 2.75) is 111 Å². The lowest BCUT2D eigenvalue weighted by Gasteiger charge is -2.58. The van der Waals surface area contributed by atoms with E-state index in [1.807, 2.05) is 0 Å². The maximum Gasteiger partial charge on any atom is 0.457 e. The van der Waals surface area contributed by atoms with Gasteiger partial charge in [-0.2, -0.15) is 0 Å². The van der Waals surface area contributed by atoms with Crippen LogP contribution in [0.2, 0.25) is 6.32 Å². The van der Waals surface area contributed by atoms with Crippen molar-refractivity contribution in [3.05, 3.63) is 11.6 Å². The minimum atomic E-state index is -0.556. The molecule has 0 aromatic rings. The van der Waals surface area contributed by atoms with Crippen LogP contribution in [0.1, 0.15) is 93.4 Å². The predicted octanol–water partition coefficient (Wildman–Crippen LogP) is 5.61. The third kappa shape index (κ3) is 3.67. The third-order valence-corrected chi connectivity index (χ3v) is 11.5. The first-order valence-electron chi connectivity index (χ1n) is 13.8. The van der Waals surface area contributed by atoms with E-state index in [-0.39, 0.29) is 59.1 Å².